The minimum absolute atomic E-state index is 0.0510. The van der Waals surface area contributed by atoms with Gasteiger partial charge in [-0.2, -0.15) is 0 Å². The Morgan fingerprint density at radius 3 is 2.50 bits per heavy atom. The van der Waals surface area contributed by atoms with E-state index in [-0.39, 0.29) is 11.8 Å². The van der Waals surface area contributed by atoms with Crippen molar-refractivity contribution in [3.8, 4) is 5.88 Å². The zero-order valence-corrected chi connectivity index (χ0v) is 14.7. The van der Waals surface area contributed by atoms with E-state index in [9.17, 15) is 9.59 Å². The first-order valence-electron chi connectivity index (χ1n) is 8.53. The van der Waals surface area contributed by atoms with E-state index in [1.807, 2.05) is 35.2 Å². The average molecular weight is 354 g/mol. The van der Waals surface area contributed by atoms with Gasteiger partial charge in [0, 0.05) is 38.1 Å². The fraction of sp³-hybridized carbons (Fsp3) is 0.316. The number of benzene rings is 1. The molecule has 0 atom stereocenters. The summed E-state index contributed by atoms with van der Waals surface area (Å²) in [6.07, 6.45) is 1.60. The molecular weight excluding hydrogens is 332 g/mol. The molecular formula is C19H22N4O3. The third-order valence-corrected chi connectivity index (χ3v) is 4.28. The first-order valence-corrected chi connectivity index (χ1v) is 8.53. The number of methoxy groups -OCH3 is 1. The second kappa shape index (κ2) is 8.44. The number of ether oxygens (including phenoxy) is 1. The second-order valence-electron chi connectivity index (χ2n) is 6.04. The number of hydrogen-bond acceptors (Lipinski definition) is 5. The summed E-state index contributed by atoms with van der Waals surface area (Å²) < 4.78 is 5.17. The quantitative estimate of drug-likeness (QED) is 0.880. The van der Waals surface area contributed by atoms with Crippen LogP contribution in [0.25, 0.3) is 0 Å². The van der Waals surface area contributed by atoms with Gasteiger partial charge < -0.3 is 15.0 Å². The summed E-state index contributed by atoms with van der Waals surface area (Å²) in [7, 11) is 1.50. The number of pyridine rings is 1. The van der Waals surface area contributed by atoms with Gasteiger partial charge in [-0.25, -0.2) is 4.98 Å². The van der Waals surface area contributed by atoms with E-state index >= 15 is 0 Å². The standard InChI is InChI=1S/C19H22N4O3/c1-26-18-16(8-5-9-20-18)19(25)23-12-10-22(11-13-23)14-17(24)21-15-6-3-2-4-7-15/h2-9H,10-14H2,1H3,(H,21,24). The van der Waals surface area contributed by atoms with Gasteiger partial charge in [0.15, 0.2) is 0 Å². The highest BCUT2D eigenvalue weighted by Crippen LogP contribution is 2.17. The molecule has 0 bridgehead atoms. The van der Waals surface area contributed by atoms with Gasteiger partial charge in [0.1, 0.15) is 5.56 Å². The fourth-order valence-corrected chi connectivity index (χ4v) is 2.92. The van der Waals surface area contributed by atoms with Crippen LogP contribution in [0.4, 0.5) is 5.69 Å². The first kappa shape index (κ1) is 17.9. The van der Waals surface area contributed by atoms with Crippen LogP contribution >= 0.6 is 0 Å². The number of carbonyl (C=O) groups is 2. The fourth-order valence-electron chi connectivity index (χ4n) is 2.92. The Morgan fingerprint density at radius 1 is 1.08 bits per heavy atom. The molecule has 136 valence electrons. The van der Waals surface area contributed by atoms with Crippen LogP contribution in [0.1, 0.15) is 10.4 Å². The van der Waals surface area contributed by atoms with E-state index in [0.717, 1.165) is 5.69 Å². The van der Waals surface area contributed by atoms with Crippen LogP contribution in [0.2, 0.25) is 0 Å². The van der Waals surface area contributed by atoms with Crippen LogP contribution < -0.4 is 10.1 Å². The summed E-state index contributed by atoms with van der Waals surface area (Å²) in [5.41, 5.74) is 1.25. The largest absolute Gasteiger partial charge is 0.480 e. The maximum atomic E-state index is 12.7. The number of para-hydroxylation sites is 1. The Hall–Kier alpha value is -2.93. The summed E-state index contributed by atoms with van der Waals surface area (Å²) in [6.45, 7) is 2.74. The molecule has 1 aromatic heterocycles. The Morgan fingerprint density at radius 2 is 1.81 bits per heavy atom. The van der Waals surface area contributed by atoms with Gasteiger partial charge in [-0.1, -0.05) is 18.2 Å². The van der Waals surface area contributed by atoms with Crippen LogP contribution in [-0.4, -0.2) is 66.4 Å². The predicted molar refractivity (Wildman–Crippen MR) is 98.2 cm³/mol. The molecule has 3 rings (SSSR count). The summed E-state index contributed by atoms with van der Waals surface area (Å²) in [4.78, 5) is 32.7. The number of amides is 2. The Kier molecular flexibility index (Phi) is 5.80. The molecule has 2 aromatic rings. The van der Waals surface area contributed by atoms with Gasteiger partial charge in [0.25, 0.3) is 5.91 Å². The molecule has 1 fully saturated rings. The summed E-state index contributed by atoms with van der Waals surface area (Å²) in [6, 6.07) is 12.8. The van der Waals surface area contributed by atoms with Gasteiger partial charge >= 0.3 is 0 Å². The normalized spacial score (nSPS) is 14.7. The maximum Gasteiger partial charge on any atom is 0.259 e. The Balaban J connectivity index is 1.51. The van der Waals surface area contributed by atoms with Crippen LogP contribution in [0.15, 0.2) is 48.7 Å². The number of nitrogens with zero attached hydrogens (tertiary/aromatic N) is 3. The van der Waals surface area contributed by atoms with Crippen molar-refractivity contribution in [1.29, 1.82) is 0 Å². The lowest BCUT2D eigenvalue weighted by atomic mass is 10.2. The second-order valence-corrected chi connectivity index (χ2v) is 6.04. The highest BCUT2D eigenvalue weighted by molar-refractivity contribution is 5.96. The molecule has 0 spiro atoms. The SMILES string of the molecule is COc1ncccc1C(=O)N1CCN(CC(=O)Nc2ccccc2)CC1. The molecule has 0 aliphatic carbocycles. The van der Waals surface area contributed by atoms with Crippen molar-refractivity contribution in [3.63, 3.8) is 0 Å². The molecule has 2 amide bonds. The third kappa shape index (κ3) is 4.37. The van der Waals surface area contributed by atoms with Gasteiger partial charge in [0.2, 0.25) is 11.8 Å². The predicted octanol–water partition coefficient (Wildman–Crippen LogP) is 1.49. The van der Waals surface area contributed by atoms with Crippen molar-refractivity contribution < 1.29 is 14.3 Å². The van der Waals surface area contributed by atoms with Gasteiger partial charge in [-0.05, 0) is 24.3 Å². The number of hydrogen-bond donors (Lipinski definition) is 1. The van der Waals surface area contributed by atoms with E-state index in [4.69, 9.17) is 4.74 Å². The molecule has 26 heavy (non-hydrogen) atoms. The molecule has 2 heterocycles. The summed E-state index contributed by atoms with van der Waals surface area (Å²) >= 11 is 0. The van der Waals surface area contributed by atoms with E-state index in [1.165, 1.54) is 7.11 Å². The number of anilines is 1. The summed E-state index contributed by atoms with van der Waals surface area (Å²) in [5, 5.41) is 2.88. The van der Waals surface area contributed by atoms with Crippen LogP contribution in [0.3, 0.4) is 0 Å². The minimum Gasteiger partial charge on any atom is -0.480 e. The topological polar surface area (TPSA) is 74.8 Å². The van der Waals surface area contributed by atoms with Gasteiger partial charge in [-0.15, -0.1) is 0 Å². The monoisotopic (exact) mass is 354 g/mol. The lowest BCUT2D eigenvalue weighted by Crippen LogP contribution is -2.50. The number of rotatable bonds is 5. The average Bonchev–Trinajstić information content (AvgIpc) is 2.68. The first-order chi connectivity index (χ1) is 12.7. The Labute approximate surface area is 152 Å². The smallest absolute Gasteiger partial charge is 0.259 e. The molecule has 1 N–H and O–H groups in total. The summed E-state index contributed by atoms with van der Waals surface area (Å²) in [5.74, 6) is 0.190. The van der Waals surface area contributed by atoms with Gasteiger partial charge in [0.05, 0.1) is 13.7 Å². The molecule has 7 heteroatoms. The number of piperazine rings is 1. The number of aromatic nitrogens is 1. The zero-order chi connectivity index (χ0) is 18.4. The molecule has 1 aliphatic heterocycles. The minimum atomic E-state index is -0.0941. The van der Waals surface area contributed by atoms with Crippen molar-refractivity contribution in [2.45, 2.75) is 0 Å². The van der Waals surface area contributed by atoms with E-state index < -0.39 is 0 Å². The lowest BCUT2D eigenvalue weighted by molar-refractivity contribution is -0.117. The molecule has 1 aromatic carbocycles. The van der Waals surface area contributed by atoms with Crippen molar-refractivity contribution in [2.24, 2.45) is 0 Å². The molecule has 1 aliphatic rings. The third-order valence-electron chi connectivity index (χ3n) is 4.28. The van der Waals surface area contributed by atoms with Crippen LogP contribution in [0, 0.1) is 0 Å². The van der Waals surface area contributed by atoms with Crippen molar-refractivity contribution in [1.82, 2.24) is 14.8 Å². The maximum absolute atomic E-state index is 12.7. The number of carbonyl (C=O) groups excluding carboxylic acids is 2. The lowest BCUT2D eigenvalue weighted by Gasteiger charge is -2.34. The van der Waals surface area contributed by atoms with E-state index in [1.54, 1.807) is 23.2 Å². The molecule has 0 saturated carbocycles. The Bertz CT molecular complexity index is 758. The molecule has 1 saturated heterocycles. The van der Waals surface area contributed by atoms with Crippen LogP contribution in [0.5, 0.6) is 5.88 Å². The molecule has 0 unspecified atom stereocenters. The van der Waals surface area contributed by atoms with E-state index in [0.29, 0.717) is 44.2 Å². The van der Waals surface area contributed by atoms with Crippen molar-refractivity contribution >= 4 is 17.5 Å². The molecule has 7 nitrogen and oxygen atoms in total. The van der Waals surface area contributed by atoms with Crippen LogP contribution in [-0.2, 0) is 4.79 Å². The highest BCUT2D eigenvalue weighted by atomic mass is 16.5. The van der Waals surface area contributed by atoms with Gasteiger partial charge in [-0.3, -0.25) is 14.5 Å². The number of nitrogens with one attached hydrogen (secondary N) is 1. The zero-order valence-electron chi connectivity index (χ0n) is 14.7. The van der Waals surface area contributed by atoms with Crippen molar-refractivity contribution in [3.05, 3.63) is 54.2 Å². The molecule has 0 radical (unpaired) electrons. The van der Waals surface area contributed by atoms with Crippen molar-refractivity contribution in [2.75, 3.05) is 45.2 Å². The highest BCUT2D eigenvalue weighted by Gasteiger charge is 2.25. The van der Waals surface area contributed by atoms with E-state index in [2.05, 4.69) is 10.3 Å².